The van der Waals surface area contributed by atoms with Gasteiger partial charge in [-0.1, -0.05) is 38.7 Å². The lowest BCUT2D eigenvalue weighted by atomic mass is 9.68. The van der Waals surface area contributed by atoms with Gasteiger partial charge in [-0.15, -0.1) is 0 Å². The highest BCUT2D eigenvalue weighted by Gasteiger charge is 2.42. The molecule has 0 heterocycles. The van der Waals surface area contributed by atoms with Gasteiger partial charge in [-0.25, -0.2) is 0 Å². The summed E-state index contributed by atoms with van der Waals surface area (Å²) in [6.07, 6.45) is 11.6. The molecule has 1 saturated carbocycles. The highest BCUT2D eigenvalue weighted by Crippen LogP contribution is 2.43. The molecule has 116 valence electrons. The summed E-state index contributed by atoms with van der Waals surface area (Å²) >= 11 is 0. The van der Waals surface area contributed by atoms with Gasteiger partial charge in [0.15, 0.2) is 0 Å². The Morgan fingerprint density at radius 1 is 1.48 bits per heavy atom. The molecule has 0 aliphatic heterocycles. The number of hydrogen-bond acceptors (Lipinski definition) is 3. The summed E-state index contributed by atoms with van der Waals surface area (Å²) in [6.45, 7) is 2.19. The van der Waals surface area contributed by atoms with E-state index in [1.807, 2.05) is 12.2 Å². The molecule has 0 saturated heterocycles. The molecule has 2 rings (SSSR count). The Morgan fingerprint density at radius 2 is 2.29 bits per heavy atom. The normalized spacial score (nSPS) is 30.9. The van der Waals surface area contributed by atoms with Crippen molar-refractivity contribution in [1.82, 2.24) is 0 Å². The molecule has 0 amide bonds. The van der Waals surface area contributed by atoms with E-state index >= 15 is 0 Å². The molecule has 0 spiro atoms. The molecular formula is C18H27NO2. The van der Waals surface area contributed by atoms with Crippen molar-refractivity contribution < 1.29 is 9.84 Å². The number of methoxy groups -OCH3 is 1. The second kappa shape index (κ2) is 7.13. The third-order valence-corrected chi connectivity index (χ3v) is 5.00. The fourth-order valence-corrected chi connectivity index (χ4v) is 3.91. The Balaban J connectivity index is 2.15. The molecular weight excluding hydrogens is 262 g/mol. The van der Waals surface area contributed by atoms with E-state index in [0.717, 1.165) is 56.3 Å². The molecule has 3 unspecified atom stereocenters. The lowest BCUT2D eigenvalue weighted by molar-refractivity contribution is -0.0401. The molecule has 2 aliphatic carbocycles. The van der Waals surface area contributed by atoms with Crippen molar-refractivity contribution in [2.45, 2.75) is 63.9 Å². The van der Waals surface area contributed by atoms with Crippen molar-refractivity contribution in [3.8, 4) is 6.07 Å². The van der Waals surface area contributed by atoms with Gasteiger partial charge in [0.2, 0.25) is 0 Å². The van der Waals surface area contributed by atoms with Crippen LogP contribution >= 0.6 is 0 Å². The Hall–Kier alpha value is -1.27. The number of ether oxygens (including phenoxy) is 1. The van der Waals surface area contributed by atoms with Gasteiger partial charge in [-0.3, -0.25) is 0 Å². The minimum Gasteiger partial charge on any atom is -0.501 e. The fourth-order valence-electron chi connectivity index (χ4n) is 3.91. The maximum Gasteiger partial charge on any atom is 0.0963 e. The molecule has 3 nitrogen and oxygen atoms in total. The SMILES string of the molecule is CCCC1CCCC(O)(C(C#N)C2=CC=C(OC)CC2)C1. The number of rotatable bonds is 5. The van der Waals surface area contributed by atoms with E-state index in [0.29, 0.717) is 5.92 Å². The standard InChI is InChI=1S/C18H27NO2/c1-3-5-14-6-4-11-18(20,12-14)17(13-19)15-7-9-16(21-2)10-8-15/h7,9,14,17,20H,3-6,8,10-12H2,1-2H3. The summed E-state index contributed by atoms with van der Waals surface area (Å²) < 4.78 is 5.24. The predicted molar refractivity (Wildman–Crippen MR) is 83.3 cm³/mol. The Kier molecular flexibility index (Phi) is 5.47. The van der Waals surface area contributed by atoms with Gasteiger partial charge < -0.3 is 9.84 Å². The van der Waals surface area contributed by atoms with Crippen LogP contribution in [0.4, 0.5) is 0 Å². The largest absolute Gasteiger partial charge is 0.501 e. The first-order valence-corrected chi connectivity index (χ1v) is 8.18. The van der Waals surface area contributed by atoms with Crippen molar-refractivity contribution in [1.29, 1.82) is 5.26 Å². The predicted octanol–water partition coefficient (Wildman–Crippen LogP) is 4.10. The molecule has 21 heavy (non-hydrogen) atoms. The lowest BCUT2D eigenvalue weighted by Gasteiger charge is -2.41. The smallest absolute Gasteiger partial charge is 0.0963 e. The van der Waals surface area contributed by atoms with Crippen molar-refractivity contribution >= 4 is 0 Å². The van der Waals surface area contributed by atoms with Gasteiger partial charge in [0.1, 0.15) is 0 Å². The summed E-state index contributed by atoms with van der Waals surface area (Å²) in [6, 6.07) is 2.39. The minimum absolute atomic E-state index is 0.369. The van der Waals surface area contributed by atoms with Gasteiger partial charge in [0.25, 0.3) is 0 Å². The van der Waals surface area contributed by atoms with E-state index in [4.69, 9.17) is 4.74 Å². The Morgan fingerprint density at radius 3 is 2.86 bits per heavy atom. The van der Waals surface area contributed by atoms with Crippen LogP contribution in [0.15, 0.2) is 23.5 Å². The maximum atomic E-state index is 11.1. The van der Waals surface area contributed by atoms with Gasteiger partial charge in [0, 0.05) is 6.42 Å². The molecule has 0 bridgehead atoms. The van der Waals surface area contributed by atoms with Crippen molar-refractivity contribution in [3.63, 3.8) is 0 Å². The molecule has 0 aromatic heterocycles. The van der Waals surface area contributed by atoms with Crippen molar-refractivity contribution in [2.75, 3.05) is 7.11 Å². The fraction of sp³-hybridized carbons (Fsp3) is 0.722. The zero-order valence-electron chi connectivity index (χ0n) is 13.3. The van der Waals surface area contributed by atoms with E-state index in [9.17, 15) is 10.4 Å². The van der Waals surface area contributed by atoms with Crippen LogP contribution in [0.1, 0.15) is 58.3 Å². The summed E-state index contributed by atoms with van der Waals surface area (Å²) in [5.41, 5.74) is 0.231. The van der Waals surface area contributed by atoms with Gasteiger partial charge in [-0.05, 0) is 36.8 Å². The topological polar surface area (TPSA) is 53.2 Å². The Labute approximate surface area is 128 Å². The average molecular weight is 289 g/mol. The summed E-state index contributed by atoms with van der Waals surface area (Å²) in [5, 5.41) is 20.7. The zero-order chi connectivity index (χ0) is 15.3. The second-order valence-electron chi connectivity index (χ2n) is 6.50. The van der Waals surface area contributed by atoms with E-state index in [1.165, 1.54) is 6.42 Å². The highest BCUT2D eigenvalue weighted by molar-refractivity contribution is 5.29. The molecule has 1 fully saturated rings. The van der Waals surface area contributed by atoms with Crippen molar-refractivity contribution in [2.24, 2.45) is 11.8 Å². The van der Waals surface area contributed by atoms with Crippen LogP contribution in [0.3, 0.4) is 0 Å². The molecule has 0 aromatic carbocycles. The summed E-state index contributed by atoms with van der Waals surface area (Å²) in [4.78, 5) is 0. The van der Waals surface area contributed by atoms with E-state index < -0.39 is 5.60 Å². The first kappa shape index (κ1) is 16.1. The minimum atomic E-state index is -0.836. The summed E-state index contributed by atoms with van der Waals surface area (Å²) in [7, 11) is 1.68. The average Bonchev–Trinajstić information content (AvgIpc) is 2.49. The second-order valence-corrected chi connectivity index (χ2v) is 6.50. The van der Waals surface area contributed by atoms with E-state index in [-0.39, 0.29) is 5.92 Å². The molecule has 3 atom stereocenters. The number of nitriles is 1. The molecule has 0 aromatic rings. The van der Waals surface area contributed by atoms with Crippen molar-refractivity contribution in [3.05, 3.63) is 23.5 Å². The maximum absolute atomic E-state index is 11.1. The third kappa shape index (κ3) is 3.68. The number of hydrogen-bond donors (Lipinski definition) is 1. The lowest BCUT2D eigenvalue weighted by Crippen LogP contribution is -2.43. The molecule has 1 N–H and O–H groups in total. The molecule has 0 radical (unpaired) electrons. The first-order chi connectivity index (χ1) is 10.1. The van der Waals surface area contributed by atoms with Crippen LogP contribution in [-0.4, -0.2) is 17.8 Å². The number of aliphatic hydroxyl groups is 1. The quantitative estimate of drug-likeness (QED) is 0.829. The van der Waals surface area contributed by atoms with E-state index in [1.54, 1.807) is 7.11 Å². The number of nitrogens with zero attached hydrogens (tertiary/aromatic N) is 1. The summed E-state index contributed by atoms with van der Waals surface area (Å²) in [5.74, 6) is 1.15. The van der Waals surface area contributed by atoms with Crippen LogP contribution in [0.5, 0.6) is 0 Å². The van der Waals surface area contributed by atoms with Crippen LogP contribution in [-0.2, 0) is 4.74 Å². The van der Waals surface area contributed by atoms with Gasteiger partial charge in [-0.2, -0.15) is 5.26 Å². The Bertz CT molecular complexity index is 458. The van der Waals surface area contributed by atoms with E-state index in [2.05, 4.69) is 13.0 Å². The monoisotopic (exact) mass is 289 g/mol. The highest BCUT2D eigenvalue weighted by atomic mass is 16.5. The first-order valence-electron chi connectivity index (χ1n) is 8.18. The van der Waals surface area contributed by atoms with Crippen LogP contribution < -0.4 is 0 Å². The van der Waals surface area contributed by atoms with Crippen LogP contribution in [0.2, 0.25) is 0 Å². The third-order valence-electron chi connectivity index (χ3n) is 5.00. The van der Waals surface area contributed by atoms with Gasteiger partial charge >= 0.3 is 0 Å². The number of allylic oxidation sites excluding steroid dienone is 3. The van der Waals surface area contributed by atoms with Crippen LogP contribution in [0.25, 0.3) is 0 Å². The zero-order valence-corrected chi connectivity index (χ0v) is 13.3. The molecule has 2 aliphatic rings. The van der Waals surface area contributed by atoms with Gasteiger partial charge in [0.05, 0.1) is 30.5 Å². The van der Waals surface area contributed by atoms with Crippen LogP contribution in [0, 0.1) is 23.2 Å². The molecule has 3 heteroatoms.